The maximum atomic E-state index is 12.0. The van der Waals surface area contributed by atoms with Gasteiger partial charge in [-0.25, -0.2) is 13.2 Å². The van der Waals surface area contributed by atoms with Crippen LogP contribution in [-0.4, -0.2) is 37.4 Å². The third-order valence-corrected chi connectivity index (χ3v) is 4.09. The summed E-state index contributed by atoms with van der Waals surface area (Å²) in [5.41, 5.74) is 0. The zero-order valence-electron chi connectivity index (χ0n) is 9.50. The van der Waals surface area contributed by atoms with Crippen molar-refractivity contribution in [3.63, 3.8) is 0 Å². The van der Waals surface area contributed by atoms with E-state index in [9.17, 15) is 13.2 Å². The minimum atomic E-state index is -3.74. The molecular formula is C10H13NO5S. The van der Waals surface area contributed by atoms with Gasteiger partial charge in [-0.05, 0) is 6.92 Å². The van der Waals surface area contributed by atoms with Crippen molar-refractivity contribution in [3.8, 4) is 0 Å². The highest BCUT2D eigenvalue weighted by atomic mass is 32.2. The van der Waals surface area contributed by atoms with Crippen LogP contribution in [0.15, 0.2) is 28.0 Å². The molecule has 0 aliphatic heterocycles. The Morgan fingerprint density at radius 2 is 2.24 bits per heavy atom. The fourth-order valence-electron chi connectivity index (χ4n) is 1.27. The topological polar surface area (TPSA) is 87.8 Å². The first-order valence-corrected chi connectivity index (χ1v) is 6.15. The summed E-state index contributed by atoms with van der Waals surface area (Å²) in [6.45, 7) is 4.98. The van der Waals surface area contributed by atoms with Crippen molar-refractivity contribution in [2.45, 2.75) is 11.8 Å². The van der Waals surface area contributed by atoms with E-state index in [1.54, 1.807) is 0 Å². The lowest BCUT2D eigenvalue weighted by Gasteiger charge is -2.13. The van der Waals surface area contributed by atoms with Crippen molar-refractivity contribution in [3.05, 3.63) is 30.2 Å². The van der Waals surface area contributed by atoms with E-state index in [1.165, 1.54) is 20.0 Å². The minimum absolute atomic E-state index is 0.0540. The van der Waals surface area contributed by atoms with Gasteiger partial charge in [0, 0.05) is 19.7 Å². The molecule has 0 aromatic carbocycles. The summed E-state index contributed by atoms with van der Waals surface area (Å²) in [6.07, 6.45) is 1.44. The molecule has 1 heterocycles. The molecule has 1 rings (SSSR count). The molecule has 7 heteroatoms. The molecule has 6 nitrogen and oxygen atoms in total. The number of rotatable bonds is 5. The van der Waals surface area contributed by atoms with Gasteiger partial charge in [0.2, 0.25) is 15.8 Å². The molecule has 1 aromatic heterocycles. The number of carboxylic acid groups (broad SMARTS) is 1. The first-order chi connectivity index (χ1) is 7.80. The first-order valence-electron chi connectivity index (χ1n) is 4.71. The molecule has 0 fully saturated rings. The highest BCUT2D eigenvalue weighted by molar-refractivity contribution is 7.89. The highest BCUT2D eigenvalue weighted by Crippen LogP contribution is 2.22. The summed E-state index contributed by atoms with van der Waals surface area (Å²) in [5, 5.41) is 8.71. The predicted molar refractivity (Wildman–Crippen MR) is 60.4 cm³/mol. The van der Waals surface area contributed by atoms with E-state index < -0.39 is 21.8 Å². The number of carbonyl (C=O) groups is 1. The Kier molecular flexibility index (Phi) is 3.74. The monoisotopic (exact) mass is 259 g/mol. The Balaban J connectivity index is 3.24. The molecule has 0 radical (unpaired) electrons. The molecule has 0 amide bonds. The Labute approximate surface area is 99.2 Å². The number of hydrogen-bond donors (Lipinski definition) is 1. The third-order valence-electron chi connectivity index (χ3n) is 2.16. The molecule has 1 aromatic rings. The number of furan rings is 1. The normalized spacial score (nSPS) is 11.7. The van der Waals surface area contributed by atoms with Gasteiger partial charge in [-0.1, -0.05) is 6.08 Å². The Bertz CT molecular complexity index is 543. The van der Waals surface area contributed by atoms with Crippen LogP contribution in [0.2, 0.25) is 0 Å². The van der Waals surface area contributed by atoms with Gasteiger partial charge in [0.15, 0.2) is 0 Å². The lowest BCUT2D eigenvalue weighted by Crippen LogP contribution is -2.27. The maximum absolute atomic E-state index is 12.0. The molecule has 0 aliphatic rings. The number of likely N-dealkylation sites (N-methyl/N-ethyl adjacent to an activating group) is 1. The molecule has 0 unspecified atom stereocenters. The molecule has 1 N–H and O–H groups in total. The summed E-state index contributed by atoms with van der Waals surface area (Å²) in [4.78, 5) is 10.5. The Morgan fingerprint density at radius 1 is 1.65 bits per heavy atom. The van der Waals surface area contributed by atoms with Gasteiger partial charge >= 0.3 is 5.97 Å². The van der Waals surface area contributed by atoms with Crippen molar-refractivity contribution in [2.24, 2.45) is 0 Å². The second kappa shape index (κ2) is 4.72. The van der Waals surface area contributed by atoms with E-state index in [0.29, 0.717) is 0 Å². The average molecular weight is 259 g/mol. The standard InChI is InChI=1S/C10H13NO5S/c1-4-5-11(3)17(14,15)9-6-8(10(12)13)16-7(9)2/h4,6H,1,5H2,2-3H3,(H,12,13). The number of aromatic carboxylic acids is 1. The van der Waals surface area contributed by atoms with Crippen LogP contribution in [0.5, 0.6) is 0 Å². The van der Waals surface area contributed by atoms with Crippen molar-refractivity contribution >= 4 is 16.0 Å². The van der Waals surface area contributed by atoms with Crippen molar-refractivity contribution in [1.29, 1.82) is 0 Å². The van der Waals surface area contributed by atoms with Crippen LogP contribution < -0.4 is 0 Å². The summed E-state index contributed by atoms with van der Waals surface area (Å²) >= 11 is 0. The number of nitrogens with zero attached hydrogens (tertiary/aromatic N) is 1. The van der Waals surface area contributed by atoms with Gasteiger partial charge in [-0.3, -0.25) is 0 Å². The van der Waals surface area contributed by atoms with Gasteiger partial charge in [0.25, 0.3) is 0 Å². The molecular weight excluding hydrogens is 246 g/mol. The number of sulfonamides is 1. The van der Waals surface area contributed by atoms with Crippen molar-refractivity contribution in [2.75, 3.05) is 13.6 Å². The van der Waals surface area contributed by atoms with Crippen LogP contribution >= 0.6 is 0 Å². The van der Waals surface area contributed by atoms with Gasteiger partial charge in [-0.15, -0.1) is 6.58 Å². The van der Waals surface area contributed by atoms with E-state index >= 15 is 0 Å². The van der Waals surface area contributed by atoms with Crippen molar-refractivity contribution < 1.29 is 22.7 Å². The SMILES string of the molecule is C=CCN(C)S(=O)(=O)c1cc(C(=O)O)oc1C. The molecule has 0 spiro atoms. The second-order valence-corrected chi connectivity index (χ2v) is 5.42. The summed E-state index contributed by atoms with van der Waals surface area (Å²) in [6, 6.07) is 1.01. The summed E-state index contributed by atoms with van der Waals surface area (Å²) in [5.74, 6) is -1.65. The van der Waals surface area contributed by atoms with E-state index in [1.807, 2.05) is 0 Å². The largest absolute Gasteiger partial charge is 0.475 e. The van der Waals surface area contributed by atoms with E-state index in [4.69, 9.17) is 9.52 Å². The fourth-order valence-corrected chi connectivity index (χ4v) is 2.57. The summed E-state index contributed by atoms with van der Waals surface area (Å²) in [7, 11) is -2.36. The van der Waals surface area contributed by atoms with Crippen LogP contribution in [0.1, 0.15) is 16.3 Å². The molecule has 0 aliphatic carbocycles. The molecule has 0 saturated carbocycles. The first kappa shape index (κ1) is 13.5. The van der Waals surface area contributed by atoms with E-state index in [0.717, 1.165) is 10.4 Å². The lowest BCUT2D eigenvalue weighted by molar-refractivity contribution is 0.0661. The Morgan fingerprint density at radius 3 is 2.65 bits per heavy atom. The number of aryl methyl sites for hydroxylation is 1. The Hall–Kier alpha value is -1.60. The van der Waals surface area contributed by atoms with Crippen LogP contribution in [0.3, 0.4) is 0 Å². The van der Waals surface area contributed by atoms with Crippen LogP contribution in [0, 0.1) is 6.92 Å². The second-order valence-electron chi connectivity index (χ2n) is 3.41. The van der Waals surface area contributed by atoms with Gasteiger partial charge in [0.05, 0.1) is 0 Å². The van der Waals surface area contributed by atoms with Gasteiger partial charge < -0.3 is 9.52 Å². The lowest BCUT2D eigenvalue weighted by atomic mass is 10.4. The average Bonchev–Trinajstić information content (AvgIpc) is 2.61. The molecule has 0 bridgehead atoms. The van der Waals surface area contributed by atoms with E-state index in [2.05, 4.69) is 6.58 Å². The molecule has 17 heavy (non-hydrogen) atoms. The van der Waals surface area contributed by atoms with E-state index in [-0.39, 0.29) is 17.2 Å². The predicted octanol–water partition coefficient (Wildman–Crippen LogP) is 1.09. The number of hydrogen-bond acceptors (Lipinski definition) is 4. The molecule has 0 atom stereocenters. The molecule has 0 saturated heterocycles. The maximum Gasteiger partial charge on any atom is 0.371 e. The van der Waals surface area contributed by atoms with Crippen LogP contribution in [-0.2, 0) is 10.0 Å². The van der Waals surface area contributed by atoms with Crippen LogP contribution in [0.25, 0.3) is 0 Å². The third kappa shape index (κ3) is 2.56. The minimum Gasteiger partial charge on any atom is -0.475 e. The van der Waals surface area contributed by atoms with Crippen molar-refractivity contribution in [1.82, 2.24) is 4.31 Å². The fraction of sp³-hybridized carbons (Fsp3) is 0.300. The quantitative estimate of drug-likeness (QED) is 0.800. The highest BCUT2D eigenvalue weighted by Gasteiger charge is 2.26. The summed E-state index contributed by atoms with van der Waals surface area (Å²) < 4.78 is 29.9. The number of carboxylic acids is 1. The zero-order valence-corrected chi connectivity index (χ0v) is 10.3. The van der Waals surface area contributed by atoms with Crippen LogP contribution in [0.4, 0.5) is 0 Å². The van der Waals surface area contributed by atoms with Gasteiger partial charge in [0.1, 0.15) is 10.7 Å². The smallest absolute Gasteiger partial charge is 0.371 e. The molecule has 94 valence electrons. The zero-order chi connectivity index (χ0) is 13.2. The van der Waals surface area contributed by atoms with Gasteiger partial charge in [-0.2, -0.15) is 4.31 Å².